The summed E-state index contributed by atoms with van der Waals surface area (Å²) in [6.07, 6.45) is -1.49. The molecule has 2 rings (SSSR count). The van der Waals surface area contributed by atoms with Crippen molar-refractivity contribution in [3.8, 4) is 5.75 Å². The van der Waals surface area contributed by atoms with Crippen molar-refractivity contribution in [2.45, 2.75) is 6.10 Å². The Morgan fingerprint density at radius 3 is 2.68 bits per heavy atom. The minimum Gasteiger partial charge on any atom is -0.497 e. The van der Waals surface area contributed by atoms with E-state index in [0.717, 1.165) is 6.07 Å². The van der Waals surface area contributed by atoms with Crippen LogP contribution in [0.2, 0.25) is 0 Å². The summed E-state index contributed by atoms with van der Waals surface area (Å²) in [7, 11) is 1.46. The second-order valence-corrected chi connectivity index (χ2v) is 4.39. The molecule has 3 N–H and O–H groups in total. The summed E-state index contributed by atoms with van der Waals surface area (Å²) in [6, 6.07) is 9.79. The van der Waals surface area contributed by atoms with Gasteiger partial charge in [0, 0.05) is 0 Å². The highest BCUT2D eigenvalue weighted by atomic mass is 19.2. The summed E-state index contributed by atoms with van der Waals surface area (Å²) in [5, 5.41) is 9.94. The first kappa shape index (κ1) is 15.7. The number of aliphatic hydroxyl groups excluding tert-OH is 1. The van der Waals surface area contributed by atoms with Crippen molar-refractivity contribution in [3.05, 3.63) is 59.7 Å². The number of hydrogen-bond donors (Lipinski definition) is 3. The van der Waals surface area contributed by atoms with Gasteiger partial charge >= 0.3 is 0 Å². The van der Waals surface area contributed by atoms with Crippen LogP contribution < -0.4 is 15.6 Å². The van der Waals surface area contributed by atoms with Crippen molar-refractivity contribution in [2.24, 2.45) is 0 Å². The zero-order valence-corrected chi connectivity index (χ0v) is 11.6. The fraction of sp³-hybridized carbons (Fsp3) is 0.133. The molecule has 0 saturated carbocycles. The van der Waals surface area contributed by atoms with Gasteiger partial charge in [0.1, 0.15) is 5.75 Å². The maximum atomic E-state index is 13.4. The van der Waals surface area contributed by atoms with Crippen LogP contribution >= 0.6 is 0 Å². The SMILES string of the molecule is COc1cccc(C(O)C(=O)NNc2cccc(F)c2F)c1. The number of anilines is 1. The zero-order chi connectivity index (χ0) is 16.1. The molecular weight excluding hydrogens is 294 g/mol. The molecule has 0 fully saturated rings. The fourth-order valence-corrected chi connectivity index (χ4v) is 1.76. The molecule has 0 radical (unpaired) electrons. The minimum atomic E-state index is -1.49. The van der Waals surface area contributed by atoms with Crippen molar-refractivity contribution in [2.75, 3.05) is 12.5 Å². The first-order valence-corrected chi connectivity index (χ1v) is 6.35. The molecule has 5 nitrogen and oxygen atoms in total. The summed E-state index contributed by atoms with van der Waals surface area (Å²) < 4.78 is 31.4. The number of amides is 1. The number of hydrogen-bond acceptors (Lipinski definition) is 4. The normalized spacial score (nSPS) is 11.6. The van der Waals surface area contributed by atoms with E-state index in [1.165, 1.54) is 31.4 Å². The zero-order valence-electron chi connectivity index (χ0n) is 11.6. The molecule has 0 bridgehead atoms. The molecule has 1 unspecified atom stereocenters. The van der Waals surface area contributed by atoms with E-state index in [1.54, 1.807) is 12.1 Å². The Bertz CT molecular complexity index is 680. The second kappa shape index (κ2) is 6.86. The molecule has 2 aromatic carbocycles. The molecule has 0 saturated heterocycles. The molecule has 0 aliphatic heterocycles. The van der Waals surface area contributed by atoms with E-state index in [1.807, 2.05) is 0 Å². The molecule has 0 spiro atoms. The maximum absolute atomic E-state index is 13.4. The van der Waals surface area contributed by atoms with Gasteiger partial charge in [-0.15, -0.1) is 0 Å². The quantitative estimate of drug-likeness (QED) is 0.740. The molecule has 7 heteroatoms. The monoisotopic (exact) mass is 308 g/mol. The fourth-order valence-electron chi connectivity index (χ4n) is 1.76. The predicted octanol–water partition coefficient (Wildman–Crippen LogP) is 2.15. The van der Waals surface area contributed by atoms with E-state index in [4.69, 9.17) is 4.74 Å². The highest BCUT2D eigenvalue weighted by molar-refractivity contribution is 5.83. The Balaban J connectivity index is 2.03. The Labute approximate surface area is 125 Å². The van der Waals surface area contributed by atoms with E-state index in [0.29, 0.717) is 11.3 Å². The molecular formula is C15H14F2N2O3. The molecule has 0 aliphatic rings. The second-order valence-electron chi connectivity index (χ2n) is 4.39. The van der Waals surface area contributed by atoms with Crippen molar-refractivity contribution in [3.63, 3.8) is 0 Å². The topological polar surface area (TPSA) is 70.6 Å². The third-order valence-electron chi connectivity index (χ3n) is 2.93. The lowest BCUT2D eigenvalue weighted by atomic mass is 10.1. The van der Waals surface area contributed by atoms with Crippen molar-refractivity contribution < 1.29 is 23.4 Å². The van der Waals surface area contributed by atoms with Crippen LogP contribution in [0.3, 0.4) is 0 Å². The number of hydrazine groups is 1. The Kier molecular flexibility index (Phi) is 4.90. The molecule has 1 amide bonds. The average Bonchev–Trinajstić information content (AvgIpc) is 2.55. The van der Waals surface area contributed by atoms with Gasteiger partial charge in [-0.1, -0.05) is 18.2 Å². The number of halogens is 2. The number of nitrogens with one attached hydrogen (secondary N) is 2. The average molecular weight is 308 g/mol. The van der Waals surface area contributed by atoms with Gasteiger partial charge in [-0.2, -0.15) is 0 Å². The van der Waals surface area contributed by atoms with Gasteiger partial charge < -0.3 is 9.84 Å². The molecule has 116 valence electrons. The van der Waals surface area contributed by atoms with Gasteiger partial charge in [-0.25, -0.2) is 8.78 Å². The number of methoxy groups -OCH3 is 1. The van der Waals surface area contributed by atoms with E-state index in [9.17, 15) is 18.7 Å². The molecule has 0 heterocycles. The van der Waals surface area contributed by atoms with Gasteiger partial charge in [-0.3, -0.25) is 15.6 Å². The lowest BCUT2D eigenvalue weighted by molar-refractivity contribution is -0.129. The third kappa shape index (κ3) is 3.50. The molecule has 0 aliphatic carbocycles. The summed E-state index contributed by atoms with van der Waals surface area (Å²) in [5.41, 5.74) is 4.40. The Morgan fingerprint density at radius 2 is 1.95 bits per heavy atom. The van der Waals surface area contributed by atoms with Crippen molar-refractivity contribution in [1.82, 2.24) is 5.43 Å². The molecule has 0 aromatic heterocycles. The molecule has 22 heavy (non-hydrogen) atoms. The van der Waals surface area contributed by atoms with Crippen LogP contribution in [-0.2, 0) is 4.79 Å². The predicted molar refractivity (Wildman–Crippen MR) is 76.1 cm³/mol. The maximum Gasteiger partial charge on any atom is 0.271 e. The van der Waals surface area contributed by atoms with Gasteiger partial charge in [-0.05, 0) is 29.8 Å². The van der Waals surface area contributed by atoms with Crippen LogP contribution in [0.25, 0.3) is 0 Å². The molecule has 1 atom stereocenters. The third-order valence-corrected chi connectivity index (χ3v) is 2.93. The van der Waals surface area contributed by atoms with Crippen molar-refractivity contribution >= 4 is 11.6 Å². The smallest absolute Gasteiger partial charge is 0.271 e. The minimum absolute atomic E-state index is 0.244. The summed E-state index contributed by atoms with van der Waals surface area (Å²) in [6.45, 7) is 0. The number of carbonyl (C=O) groups excluding carboxylic acids is 1. The number of benzene rings is 2. The van der Waals surface area contributed by atoms with E-state index in [2.05, 4.69) is 10.9 Å². The van der Waals surface area contributed by atoms with Crippen LogP contribution in [-0.4, -0.2) is 18.1 Å². The summed E-state index contributed by atoms with van der Waals surface area (Å²) in [4.78, 5) is 11.8. The van der Waals surface area contributed by atoms with Gasteiger partial charge in [0.25, 0.3) is 5.91 Å². The van der Waals surface area contributed by atoms with E-state index < -0.39 is 23.6 Å². The lowest BCUT2D eigenvalue weighted by Gasteiger charge is -2.14. The number of rotatable bonds is 5. The van der Waals surface area contributed by atoms with E-state index in [-0.39, 0.29) is 5.69 Å². The largest absolute Gasteiger partial charge is 0.497 e. The Morgan fingerprint density at radius 1 is 1.23 bits per heavy atom. The highest BCUT2D eigenvalue weighted by Crippen LogP contribution is 2.20. The van der Waals surface area contributed by atoms with Crippen LogP contribution in [0.5, 0.6) is 5.75 Å². The summed E-state index contributed by atoms with van der Waals surface area (Å²) >= 11 is 0. The van der Waals surface area contributed by atoms with Crippen molar-refractivity contribution in [1.29, 1.82) is 0 Å². The first-order chi connectivity index (χ1) is 10.5. The lowest BCUT2D eigenvalue weighted by Crippen LogP contribution is -2.34. The number of aliphatic hydroxyl groups is 1. The van der Waals surface area contributed by atoms with Gasteiger partial charge in [0.15, 0.2) is 17.7 Å². The Hall–Kier alpha value is -2.67. The standard InChI is InChI=1S/C15H14F2N2O3/c1-22-10-5-2-4-9(8-10)14(20)15(21)19-18-12-7-3-6-11(16)13(12)17/h2-8,14,18,20H,1H3,(H,19,21). The van der Waals surface area contributed by atoms with Gasteiger partial charge in [0.2, 0.25) is 0 Å². The summed E-state index contributed by atoms with van der Waals surface area (Å²) in [5.74, 6) is -2.52. The number of carbonyl (C=O) groups is 1. The number of ether oxygens (including phenoxy) is 1. The van der Waals surface area contributed by atoms with Crippen LogP contribution in [0.1, 0.15) is 11.7 Å². The van der Waals surface area contributed by atoms with Gasteiger partial charge in [0.05, 0.1) is 12.8 Å². The van der Waals surface area contributed by atoms with Crippen LogP contribution in [0.4, 0.5) is 14.5 Å². The van der Waals surface area contributed by atoms with Crippen LogP contribution in [0.15, 0.2) is 42.5 Å². The van der Waals surface area contributed by atoms with E-state index >= 15 is 0 Å². The first-order valence-electron chi connectivity index (χ1n) is 6.35. The van der Waals surface area contributed by atoms with Crippen LogP contribution in [0, 0.1) is 11.6 Å². The highest BCUT2D eigenvalue weighted by Gasteiger charge is 2.18. The molecule has 2 aromatic rings.